The van der Waals surface area contributed by atoms with Crippen molar-refractivity contribution in [2.75, 3.05) is 6.61 Å². The molecule has 0 spiro atoms. The Morgan fingerprint density at radius 3 is 2.03 bits per heavy atom. The highest BCUT2D eigenvalue weighted by Gasteiger charge is 2.32. The zero-order chi connectivity index (χ0) is 27.9. The second-order valence-electron chi connectivity index (χ2n) is 12.0. The highest BCUT2D eigenvalue weighted by atomic mass is 16.5. The highest BCUT2D eigenvalue weighted by molar-refractivity contribution is 5.89. The molecule has 0 bridgehead atoms. The fourth-order valence-electron chi connectivity index (χ4n) is 4.26. The number of aryl methyl sites for hydroxylation is 1. The Hall–Kier alpha value is -3.60. The maximum atomic E-state index is 13.8. The minimum absolute atomic E-state index is 0.0315. The quantitative estimate of drug-likeness (QED) is 0.368. The van der Waals surface area contributed by atoms with Crippen LogP contribution in [-0.2, 0) is 28.0 Å². The van der Waals surface area contributed by atoms with Gasteiger partial charge in [-0.1, -0.05) is 87.5 Å². The number of carbonyl (C=O) groups excluding carboxylic acids is 2. The van der Waals surface area contributed by atoms with Crippen LogP contribution in [0.25, 0.3) is 0 Å². The molecule has 202 valence electrons. The third kappa shape index (κ3) is 8.47. The van der Waals surface area contributed by atoms with Crippen molar-refractivity contribution >= 4 is 11.8 Å². The summed E-state index contributed by atoms with van der Waals surface area (Å²) in [5.74, 6) is 0.205. The van der Waals surface area contributed by atoms with Gasteiger partial charge in [0.05, 0.1) is 0 Å². The second kappa shape index (κ2) is 12.3. The van der Waals surface area contributed by atoms with Crippen LogP contribution in [0, 0.1) is 6.92 Å². The Balaban J connectivity index is 1.91. The van der Waals surface area contributed by atoms with Crippen LogP contribution in [0.5, 0.6) is 5.75 Å². The van der Waals surface area contributed by atoms with Gasteiger partial charge < -0.3 is 15.0 Å². The van der Waals surface area contributed by atoms with E-state index in [2.05, 4.69) is 26.1 Å². The molecule has 0 unspecified atom stereocenters. The van der Waals surface area contributed by atoms with E-state index in [4.69, 9.17) is 4.74 Å². The summed E-state index contributed by atoms with van der Waals surface area (Å²) in [4.78, 5) is 29.1. The van der Waals surface area contributed by atoms with Crippen LogP contribution < -0.4 is 10.1 Å². The topological polar surface area (TPSA) is 58.6 Å². The van der Waals surface area contributed by atoms with Gasteiger partial charge in [0.1, 0.15) is 11.8 Å². The van der Waals surface area contributed by atoms with Crippen molar-refractivity contribution in [2.24, 2.45) is 0 Å². The van der Waals surface area contributed by atoms with Crippen molar-refractivity contribution < 1.29 is 14.3 Å². The van der Waals surface area contributed by atoms with Gasteiger partial charge in [-0.25, -0.2) is 0 Å². The number of hydrogen-bond acceptors (Lipinski definition) is 3. The minimum Gasteiger partial charge on any atom is -0.484 e. The van der Waals surface area contributed by atoms with E-state index in [9.17, 15) is 9.59 Å². The van der Waals surface area contributed by atoms with Gasteiger partial charge >= 0.3 is 0 Å². The van der Waals surface area contributed by atoms with Crippen LogP contribution in [-0.4, -0.2) is 34.9 Å². The first-order valence-corrected chi connectivity index (χ1v) is 13.3. The van der Waals surface area contributed by atoms with Crippen molar-refractivity contribution in [2.45, 2.75) is 78.4 Å². The van der Waals surface area contributed by atoms with Crippen LogP contribution in [0.4, 0.5) is 0 Å². The fraction of sp³-hybridized carbons (Fsp3) is 0.394. The normalized spacial score (nSPS) is 12.5. The molecular formula is C33H42N2O3. The van der Waals surface area contributed by atoms with E-state index in [0.717, 1.165) is 16.7 Å². The maximum Gasteiger partial charge on any atom is 0.261 e. The minimum atomic E-state index is -0.699. The molecule has 0 aliphatic carbocycles. The number of hydrogen-bond donors (Lipinski definition) is 1. The lowest BCUT2D eigenvalue weighted by molar-refractivity contribution is -0.143. The zero-order valence-electron chi connectivity index (χ0n) is 23.9. The molecule has 1 N–H and O–H groups in total. The van der Waals surface area contributed by atoms with Gasteiger partial charge in [0.15, 0.2) is 6.61 Å². The van der Waals surface area contributed by atoms with Crippen LogP contribution >= 0.6 is 0 Å². The van der Waals surface area contributed by atoms with E-state index in [1.165, 1.54) is 5.56 Å². The predicted octanol–water partition coefficient (Wildman–Crippen LogP) is 6.23. The first-order valence-electron chi connectivity index (χ1n) is 13.3. The second-order valence-corrected chi connectivity index (χ2v) is 12.0. The van der Waals surface area contributed by atoms with Crippen molar-refractivity contribution in [1.82, 2.24) is 10.2 Å². The van der Waals surface area contributed by atoms with Gasteiger partial charge in [0, 0.05) is 18.5 Å². The fourth-order valence-corrected chi connectivity index (χ4v) is 4.26. The number of carbonyl (C=O) groups is 2. The van der Waals surface area contributed by atoms with Gasteiger partial charge in [0.25, 0.3) is 5.91 Å². The van der Waals surface area contributed by atoms with Crippen molar-refractivity contribution in [3.05, 3.63) is 101 Å². The van der Waals surface area contributed by atoms with E-state index in [1.54, 1.807) is 4.90 Å². The number of nitrogens with one attached hydrogen (secondary N) is 1. The molecule has 0 heterocycles. The zero-order valence-corrected chi connectivity index (χ0v) is 23.9. The average Bonchev–Trinajstić information content (AvgIpc) is 2.85. The van der Waals surface area contributed by atoms with Gasteiger partial charge in [-0.15, -0.1) is 0 Å². The molecule has 3 rings (SSSR count). The Kier molecular flexibility index (Phi) is 9.37. The SMILES string of the molecule is Cc1ccccc1CN(C(=O)COc1ccc(C(C)(C)C)cc1)[C@@H](Cc1ccccc1)C(=O)NC(C)(C)C. The number of ether oxygens (including phenoxy) is 1. The summed E-state index contributed by atoms with van der Waals surface area (Å²) in [5, 5.41) is 3.10. The third-order valence-electron chi connectivity index (χ3n) is 6.45. The monoisotopic (exact) mass is 514 g/mol. The molecule has 38 heavy (non-hydrogen) atoms. The lowest BCUT2D eigenvalue weighted by atomic mass is 9.87. The van der Waals surface area contributed by atoms with Crippen LogP contribution in [0.15, 0.2) is 78.9 Å². The molecule has 0 aliphatic rings. The smallest absolute Gasteiger partial charge is 0.261 e. The number of nitrogens with zero attached hydrogens (tertiary/aromatic N) is 1. The first-order chi connectivity index (χ1) is 17.8. The van der Waals surface area contributed by atoms with Crippen LogP contribution in [0.1, 0.15) is 63.8 Å². The van der Waals surface area contributed by atoms with E-state index < -0.39 is 11.6 Å². The Labute approximate surface area is 228 Å². The van der Waals surface area contributed by atoms with Crippen molar-refractivity contribution in [3.63, 3.8) is 0 Å². The van der Waals surface area contributed by atoms with E-state index in [0.29, 0.717) is 18.7 Å². The average molecular weight is 515 g/mol. The molecular weight excluding hydrogens is 472 g/mol. The molecule has 0 saturated heterocycles. The molecule has 0 aliphatic heterocycles. The van der Waals surface area contributed by atoms with E-state index >= 15 is 0 Å². The Bertz CT molecular complexity index is 1210. The molecule has 3 aromatic rings. The molecule has 0 aromatic heterocycles. The standard InChI is InChI=1S/C33H42N2O3/c1-24-13-11-12-16-26(24)22-35(30(36)23-38-28-19-17-27(18-20-28)32(2,3)4)29(31(37)34-33(5,6)7)21-25-14-9-8-10-15-25/h8-20,29H,21-23H2,1-7H3,(H,34,37)/t29-/m0/s1. The van der Waals surface area contributed by atoms with Crippen molar-refractivity contribution in [3.8, 4) is 5.75 Å². The molecule has 5 heteroatoms. The molecule has 0 radical (unpaired) electrons. The van der Waals surface area contributed by atoms with E-state index in [-0.39, 0.29) is 23.8 Å². The van der Waals surface area contributed by atoms with E-state index in [1.807, 2.05) is 107 Å². The summed E-state index contributed by atoms with van der Waals surface area (Å²) in [6, 6.07) is 24.9. The third-order valence-corrected chi connectivity index (χ3v) is 6.45. The maximum absolute atomic E-state index is 13.8. The summed E-state index contributed by atoms with van der Waals surface area (Å²) in [5.41, 5.74) is 3.84. The Morgan fingerprint density at radius 2 is 1.45 bits per heavy atom. The summed E-state index contributed by atoms with van der Waals surface area (Å²) in [7, 11) is 0. The highest BCUT2D eigenvalue weighted by Crippen LogP contribution is 2.24. The summed E-state index contributed by atoms with van der Waals surface area (Å²) in [6.07, 6.45) is 0.403. The van der Waals surface area contributed by atoms with Crippen molar-refractivity contribution in [1.29, 1.82) is 0 Å². The first kappa shape index (κ1) is 29.0. The largest absolute Gasteiger partial charge is 0.484 e. The molecule has 0 saturated carbocycles. The lowest BCUT2D eigenvalue weighted by Gasteiger charge is -2.34. The van der Waals surface area contributed by atoms with Crippen LogP contribution in [0.2, 0.25) is 0 Å². The van der Waals surface area contributed by atoms with Gasteiger partial charge in [-0.05, 0) is 67.5 Å². The molecule has 3 aromatic carbocycles. The van der Waals surface area contributed by atoms with Crippen LogP contribution in [0.3, 0.4) is 0 Å². The molecule has 2 amide bonds. The van der Waals surface area contributed by atoms with Gasteiger partial charge in [0.2, 0.25) is 5.91 Å². The summed E-state index contributed by atoms with van der Waals surface area (Å²) < 4.78 is 5.94. The molecule has 0 fully saturated rings. The summed E-state index contributed by atoms with van der Waals surface area (Å²) in [6.45, 7) is 14.5. The summed E-state index contributed by atoms with van der Waals surface area (Å²) >= 11 is 0. The number of benzene rings is 3. The van der Waals surface area contributed by atoms with Gasteiger partial charge in [-0.3, -0.25) is 9.59 Å². The van der Waals surface area contributed by atoms with Gasteiger partial charge in [-0.2, -0.15) is 0 Å². The number of rotatable bonds is 9. The molecule has 1 atom stereocenters. The lowest BCUT2D eigenvalue weighted by Crippen LogP contribution is -2.55. The Morgan fingerprint density at radius 1 is 0.842 bits per heavy atom. The number of amides is 2. The predicted molar refractivity (Wildman–Crippen MR) is 154 cm³/mol. The molecule has 5 nitrogen and oxygen atoms in total.